The second-order valence-electron chi connectivity index (χ2n) is 4.67. The van der Waals surface area contributed by atoms with E-state index in [1.807, 2.05) is 36.4 Å². The summed E-state index contributed by atoms with van der Waals surface area (Å²) in [5.74, 6) is -0.710. The molecule has 1 N–H and O–H groups in total. The summed E-state index contributed by atoms with van der Waals surface area (Å²) in [6.07, 6.45) is 0. The van der Waals surface area contributed by atoms with Crippen molar-refractivity contribution in [2.75, 3.05) is 12.4 Å². The summed E-state index contributed by atoms with van der Waals surface area (Å²) in [5, 5.41) is 6.56. The van der Waals surface area contributed by atoms with Gasteiger partial charge in [0.15, 0.2) is 0 Å². The van der Waals surface area contributed by atoms with Crippen LogP contribution in [-0.2, 0) is 4.74 Å². The van der Waals surface area contributed by atoms with Gasteiger partial charge in [0.1, 0.15) is 4.88 Å². The minimum absolute atomic E-state index is 0.255. The molecule has 1 aromatic heterocycles. The van der Waals surface area contributed by atoms with Crippen molar-refractivity contribution in [2.45, 2.75) is 0 Å². The smallest absolute Gasteiger partial charge is 0.350 e. The van der Waals surface area contributed by atoms with Gasteiger partial charge in [0, 0.05) is 5.56 Å². The number of hydrogen-bond acceptors (Lipinski definition) is 4. The van der Waals surface area contributed by atoms with E-state index < -0.39 is 5.97 Å². The summed E-state index contributed by atoms with van der Waals surface area (Å²) in [7, 11) is 1.32. The lowest BCUT2D eigenvalue weighted by atomic mass is 10.1. The average molecular weight is 311 g/mol. The van der Waals surface area contributed by atoms with Gasteiger partial charge in [-0.3, -0.25) is 4.79 Å². The Balaban J connectivity index is 1.87. The Morgan fingerprint density at radius 2 is 1.82 bits per heavy atom. The Kier molecular flexibility index (Phi) is 3.89. The Bertz CT molecular complexity index is 854. The number of carbonyl (C=O) groups is 2. The highest BCUT2D eigenvalue weighted by atomic mass is 32.1. The molecule has 1 heterocycles. The number of methoxy groups -OCH3 is 1. The van der Waals surface area contributed by atoms with Crippen molar-refractivity contribution in [1.29, 1.82) is 0 Å². The Morgan fingerprint density at radius 3 is 2.59 bits per heavy atom. The van der Waals surface area contributed by atoms with E-state index in [9.17, 15) is 9.59 Å². The quantitative estimate of drug-likeness (QED) is 0.745. The average Bonchev–Trinajstić information content (AvgIpc) is 3.01. The normalized spacial score (nSPS) is 10.4. The maximum Gasteiger partial charge on any atom is 0.350 e. The molecule has 0 fully saturated rings. The van der Waals surface area contributed by atoms with Crippen LogP contribution in [0.25, 0.3) is 10.8 Å². The van der Waals surface area contributed by atoms with Crippen molar-refractivity contribution < 1.29 is 14.3 Å². The second kappa shape index (κ2) is 5.99. The molecular weight excluding hydrogens is 298 g/mol. The van der Waals surface area contributed by atoms with Crippen LogP contribution in [0, 0.1) is 0 Å². The van der Waals surface area contributed by atoms with E-state index >= 15 is 0 Å². The molecule has 0 saturated heterocycles. The van der Waals surface area contributed by atoms with Gasteiger partial charge in [-0.25, -0.2) is 4.79 Å². The van der Waals surface area contributed by atoms with E-state index in [-0.39, 0.29) is 5.91 Å². The van der Waals surface area contributed by atoms with E-state index in [1.165, 1.54) is 18.4 Å². The molecule has 110 valence electrons. The van der Waals surface area contributed by atoms with Crippen LogP contribution >= 0.6 is 11.3 Å². The molecule has 0 aliphatic rings. The van der Waals surface area contributed by atoms with Crippen LogP contribution in [0.2, 0.25) is 0 Å². The Morgan fingerprint density at radius 1 is 1.05 bits per heavy atom. The largest absolute Gasteiger partial charge is 0.465 e. The number of amides is 1. The Labute approximate surface area is 131 Å². The first-order valence-electron chi connectivity index (χ1n) is 6.65. The van der Waals surface area contributed by atoms with E-state index in [4.69, 9.17) is 4.74 Å². The molecule has 0 aliphatic carbocycles. The van der Waals surface area contributed by atoms with Crippen molar-refractivity contribution in [3.63, 3.8) is 0 Å². The van der Waals surface area contributed by atoms with Gasteiger partial charge in [-0.05, 0) is 34.4 Å². The third-order valence-corrected chi connectivity index (χ3v) is 4.19. The first-order chi connectivity index (χ1) is 10.7. The van der Waals surface area contributed by atoms with Gasteiger partial charge in [0.05, 0.1) is 12.8 Å². The molecule has 0 atom stereocenters. The summed E-state index contributed by atoms with van der Waals surface area (Å²) >= 11 is 1.23. The van der Waals surface area contributed by atoms with Gasteiger partial charge in [0.2, 0.25) is 0 Å². The molecule has 5 heteroatoms. The molecular formula is C17H13NO3S. The summed E-state index contributed by atoms with van der Waals surface area (Å²) in [4.78, 5) is 24.4. The second-order valence-corrected chi connectivity index (χ2v) is 5.59. The van der Waals surface area contributed by atoms with E-state index in [0.717, 1.165) is 10.8 Å². The molecule has 0 spiro atoms. The van der Waals surface area contributed by atoms with Crippen LogP contribution in [0.15, 0.2) is 53.9 Å². The molecule has 1 amide bonds. The molecule has 3 rings (SSSR count). The predicted molar refractivity (Wildman–Crippen MR) is 87.6 cm³/mol. The molecule has 2 aromatic carbocycles. The highest BCUT2D eigenvalue weighted by Crippen LogP contribution is 2.24. The lowest BCUT2D eigenvalue weighted by Gasteiger charge is -2.06. The fraction of sp³-hybridized carbons (Fsp3) is 0.0588. The van der Waals surface area contributed by atoms with Gasteiger partial charge in [-0.15, -0.1) is 11.3 Å². The molecule has 0 saturated carbocycles. The van der Waals surface area contributed by atoms with Gasteiger partial charge < -0.3 is 10.1 Å². The maximum absolute atomic E-state index is 12.4. The fourth-order valence-corrected chi connectivity index (χ4v) is 2.95. The molecule has 3 aromatic rings. The molecule has 0 bridgehead atoms. The van der Waals surface area contributed by atoms with E-state index in [0.29, 0.717) is 16.1 Å². The van der Waals surface area contributed by atoms with Crippen molar-refractivity contribution in [1.82, 2.24) is 0 Å². The number of ether oxygens (including phenoxy) is 1. The van der Waals surface area contributed by atoms with Crippen LogP contribution in [0.3, 0.4) is 0 Å². The zero-order valence-electron chi connectivity index (χ0n) is 11.8. The fourth-order valence-electron chi connectivity index (χ4n) is 2.18. The highest BCUT2D eigenvalue weighted by Gasteiger charge is 2.16. The van der Waals surface area contributed by atoms with Crippen molar-refractivity contribution >= 4 is 39.7 Å². The van der Waals surface area contributed by atoms with Crippen LogP contribution < -0.4 is 5.32 Å². The summed E-state index contributed by atoms with van der Waals surface area (Å²) in [6.45, 7) is 0. The van der Waals surface area contributed by atoms with Crippen LogP contribution in [0.4, 0.5) is 5.69 Å². The van der Waals surface area contributed by atoms with Gasteiger partial charge in [0.25, 0.3) is 5.91 Å². The predicted octanol–water partition coefficient (Wildman–Crippen LogP) is 3.94. The Hall–Kier alpha value is -2.66. The SMILES string of the molecule is COC(=O)c1sccc1NC(=O)c1ccc2ccccc2c1. The number of esters is 1. The highest BCUT2D eigenvalue weighted by molar-refractivity contribution is 7.12. The van der Waals surface area contributed by atoms with Crippen molar-refractivity contribution in [3.8, 4) is 0 Å². The number of carbonyl (C=O) groups excluding carboxylic acids is 2. The number of hydrogen-bond donors (Lipinski definition) is 1. The van der Waals surface area contributed by atoms with Crippen molar-refractivity contribution in [3.05, 3.63) is 64.4 Å². The standard InChI is InChI=1S/C17H13NO3S/c1-21-17(20)15-14(8-9-22-15)18-16(19)13-7-6-11-4-2-3-5-12(11)10-13/h2-10H,1H3,(H,18,19). The van der Waals surface area contributed by atoms with Crippen LogP contribution in [-0.4, -0.2) is 19.0 Å². The van der Waals surface area contributed by atoms with Crippen LogP contribution in [0.1, 0.15) is 20.0 Å². The summed E-state index contributed by atoms with van der Waals surface area (Å²) in [5.41, 5.74) is 1.01. The minimum atomic E-state index is -0.455. The zero-order valence-corrected chi connectivity index (χ0v) is 12.6. The third kappa shape index (κ3) is 2.71. The number of anilines is 1. The lowest BCUT2D eigenvalue weighted by molar-refractivity contribution is 0.0607. The van der Waals surface area contributed by atoms with Crippen LogP contribution in [0.5, 0.6) is 0 Å². The molecule has 4 nitrogen and oxygen atoms in total. The number of thiophene rings is 1. The third-order valence-electron chi connectivity index (χ3n) is 3.30. The van der Waals surface area contributed by atoms with E-state index in [1.54, 1.807) is 17.5 Å². The van der Waals surface area contributed by atoms with Gasteiger partial charge in [-0.1, -0.05) is 30.3 Å². The first kappa shape index (κ1) is 14.3. The van der Waals surface area contributed by atoms with Crippen molar-refractivity contribution in [2.24, 2.45) is 0 Å². The first-order valence-corrected chi connectivity index (χ1v) is 7.53. The number of rotatable bonds is 3. The van der Waals surface area contributed by atoms with Gasteiger partial charge in [-0.2, -0.15) is 0 Å². The summed E-state index contributed by atoms with van der Waals surface area (Å²) in [6, 6.07) is 15.0. The summed E-state index contributed by atoms with van der Waals surface area (Å²) < 4.78 is 4.70. The number of benzene rings is 2. The molecule has 22 heavy (non-hydrogen) atoms. The topological polar surface area (TPSA) is 55.4 Å². The van der Waals surface area contributed by atoms with Gasteiger partial charge >= 0.3 is 5.97 Å². The number of fused-ring (bicyclic) bond motifs is 1. The molecule has 0 radical (unpaired) electrons. The maximum atomic E-state index is 12.4. The lowest BCUT2D eigenvalue weighted by Crippen LogP contribution is -2.13. The zero-order chi connectivity index (χ0) is 15.5. The monoisotopic (exact) mass is 311 g/mol. The molecule has 0 unspecified atom stereocenters. The molecule has 0 aliphatic heterocycles. The minimum Gasteiger partial charge on any atom is -0.465 e. The van der Waals surface area contributed by atoms with E-state index in [2.05, 4.69) is 5.32 Å². The number of nitrogens with one attached hydrogen (secondary N) is 1.